The van der Waals surface area contributed by atoms with Crippen molar-refractivity contribution in [2.24, 2.45) is 64.1 Å². The molecule has 4 rings (SSSR count). The van der Waals surface area contributed by atoms with E-state index in [-0.39, 0.29) is 0 Å². The summed E-state index contributed by atoms with van der Waals surface area (Å²) in [5, 5.41) is 0. The lowest BCUT2D eigenvalue weighted by atomic mass is 9.43. The van der Waals surface area contributed by atoms with Crippen molar-refractivity contribution in [3.63, 3.8) is 0 Å². The Kier molecular flexibility index (Phi) is 6.33. The first-order valence-corrected chi connectivity index (χ1v) is 13.7. The molecule has 31 heavy (non-hydrogen) atoms. The third kappa shape index (κ3) is 3.69. The van der Waals surface area contributed by atoms with Crippen LogP contribution in [-0.2, 0) is 4.79 Å². The topological polar surface area (TPSA) is 17.1 Å². The van der Waals surface area contributed by atoms with Crippen LogP contribution >= 0.6 is 0 Å². The first-order chi connectivity index (χ1) is 14.5. The molecule has 0 aromatic rings. The van der Waals surface area contributed by atoms with Gasteiger partial charge in [0, 0.05) is 12.3 Å². The summed E-state index contributed by atoms with van der Waals surface area (Å²) in [6.45, 7) is 19.5. The summed E-state index contributed by atoms with van der Waals surface area (Å²) in [4.78, 5) is 12.5. The molecule has 4 saturated carbocycles. The maximum atomic E-state index is 12.5. The molecule has 4 fully saturated rings. The average molecular weight is 427 g/mol. The van der Waals surface area contributed by atoms with Crippen LogP contribution in [0.4, 0.5) is 0 Å². The van der Waals surface area contributed by atoms with Crippen LogP contribution in [-0.4, -0.2) is 5.78 Å². The van der Waals surface area contributed by atoms with Gasteiger partial charge < -0.3 is 0 Å². The van der Waals surface area contributed by atoms with Gasteiger partial charge in [-0.05, 0) is 110 Å². The summed E-state index contributed by atoms with van der Waals surface area (Å²) in [7, 11) is 0. The van der Waals surface area contributed by atoms with Gasteiger partial charge in [0.2, 0.25) is 0 Å². The molecule has 1 nitrogen and oxygen atoms in total. The highest BCUT2D eigenvalue weighted by atomic mass is 16.1. The number of carbonyl (C=O) groups is 1. The van der Waals surface area contributed by atoms with Crippen LogP contribution in [0.15, 0.2) is 11.6 Å². The van der Waals surface area contributed by atoms with E-state index >= 15 is 0 Å². The molecule has 0 bridgehead atoms. The van der Waals surface area contributed by atoms with Crippen LogP contribution in [0.2, 0.25) is 0 Å². The van der Waals surface area contributed by atoms with Crippen LogP contribution in [0.3, 0.4) is 0 Å². The minimum absolute atomic E-state index is 0.306. The Morgan fingerprint density at radius 1 is 0.903 bits per heavy atom. The Morgan fingerprint density at radius 2 is 1.55 bits per heavy atom. The van der Waals surface area contributed by atoms with E-state index in [9.17, 15) is 4.79 Å². The Balaban J connectivity index is 1.54. The third-order valence-corrected chi connectivity index (χ3v) is 11.9. The Morgan fingerprint density at radius 3 is 2.23 bits per heavy atom. The minimum Gasteiger partial charge on any atom is -0.299 e. The molecule has 0 amide bonds. The molecular weight excluding hydrogens is 376 g/mol. The lowest BCUT2D eigenvalue weighted by Crippen LogP contribution is -2.55. The second-order valence-electron chi connectivity index (χ2n) is 13.4. The molecule has 0 aromatic carbocycles. The first kappa shape index (κ1) is 23.6. The van der Waals surface area contributed by atoms with Gasteiger partial charge in [0.15, 0.2) is 0 Å². The number of hydrogen-bond donors (Lipinski definition) is 0. The van der Waals surface area contributed by atoms with Gasteiger partial charge >= 0.3 is 0 Å². The molecule has 0 heterocycles. The Labute approximate surface area is 193 Å². The number of rotatable bonds is 4. The monoisotopic (exact) mass is 426 g/mol. The van der Waals surface area contributed by atoms with Gasteiger partial charge in [0.1, 0.15) is 5.78 Å². The molecule has 0 spiro atoms. The van der Waals surface area contributed by atoms with Crippen molar-refractivity contribution in [1.82, 2.24) is 0 Å². The summed E-state index contributed by atoms with van der Waals surface area (Å²) >= 11 is 0. The molecule has 176 valence electrons. The predicted octanol–water partition coefficient (Wildman–Crippen LogP) is 8.33. The normalized spacial score (nSPS) is 47.5. The van der Waals surface area contributed by atoms with E-state index in [1.54, 1.807) is 5.57 Å². The first-order valence-electron chi connectivity index (χ1n) is 13.7. The highest BCUT2D eigenvalue weighted by Crippen LogP contribution is 2.68. The molecular formula is C30H50O. The van der Waals surface area contributed by atoms with Crippen molar-refractivity contribution in [2.45, 2.75) is 107 Å². The molecule has 0 aliphatic heterocycles. The van der Waals surface area contributed by atoms with Crippen molar-refractivity contribution in [3.05, 3.63) is 11.6 Å². The third-order valence-electron chi connectivity index (χ3n) is 11.9. The van der Waals surface area contributed by atoms with Crippen LogP contribution in [0.25, 0.3) is 0 Å². The van der Waals surface area contributed by atoms with Gasteiger partial charge in [-0.2, -0.15) is 0 Å². The maximum Gasteiger partial charge on any atom is 0.136 e. The second-order valence-corrected chi connectivity index (χ2v) is 13.4. The standard InChI is InChI=1S/C30H50O/c1-18(2)21(5)19(3)17-20(4)24-11-12-26-23-9-10-25-22(6)28(31)14-16-30(25,8)27(23)13-15-29(24,26)7/h17-18,20-27H,9-16H2,1-8H3/b19-17+/t20?,21-,22+,23+,24-,25+,26+,27+,29-,30+/m1/s1. The molecule has 4 aliphatic carbocycles. The van der Waals surface area contributed by atoms with Crippen LogP contribution in [0, 0.1) is 64.1 Å². The number of fused-ring (bicyclic) bond motifs is 5. The van der Waals surface area contributed by atoms with E-state index in [2.05, 4.69) is 61.5 Å². The van der Waals surface area contributed by atoms with Gasteiger partial charge in [-0.25, -0.2) is 0 Å². The van der Waals surface area contributed by atoms with Gasteiger partial charge in [-0.1, -0.05) is 60.1 Å². The van der Waals surface area contributed by atoms with Crippen LogP contribution < -0.4 is 0 Å². The molecule has 4 aliphatic rings. The fraction of sp³-hybridized carbons (Fsp3) is 0.900. The minimum atomic E-state index is 0.306. The zero-order chi connectivity index (χ0) is 22.7. The lowest BCUT2D eigenvalue weighted by Gasteiger charge is -2.61. The van der Waals surface area contributed by atoms with Crippen molar-refractivity contribution in [1.29, 1.82) is 0 Å². The number of allylic oxidation sites excluding steroid dienone is 2. The number of hydrogen-bond acceptors (Lipinski definition) is 1. The van der Waals surface area contributed by atoms with Gasteiger partial charge in [-0.3, -0.25) is 4.79 Å². The van der Waals surface area contributed by atoms with Crippen molar-refractivity contribution in [2.75, 3.05) is 0 Å². The van der Waals surface area contributed by atoms with E-state index in [0.717, 1.165) is 36.0 Å². The zero-order valence-electron chi connectivity index (χ0n) is 21.8. The van der Waals surface area contributed by atoms with Crippen LogP contribution in [0.5, 0.6) is 0 Å². The molecule has 0 radical (unpaired) electrons. The van der Waals surface area contributed by atoms with E-state index in [4.69, 9.17) is 0 Å². The molecule has 1 unspecified atom stereocenters. The molecule has 1 heteroatoms. The molecule has 0 aromatic heterocycles. The number of ketones is 1. The maximum absolute atomic E-state index is 12.5. The summed E-state index contributed by atoms with van der Waals surface area (Å²) < 4.78 is 0. The summed E-state index contributed by atoms with van der Waals surface area (Å²) in [6.07, 6.45) is 13.1. The Hall–Kier alpha value is -0.590. The van der Waals surface area contributed by atoms with E-state index in [0.29, 0.717) is 40.3 Å². The molecule has 0 N–H and O–H groups in total. The lowest BCUT2D eigenvalue weighted by molar-refractivity contribution is -0.150. The van der Waals surface area contributed by atoms with Crippen LogP contribution in [0.1, 0.15) is 107 Å². The van der Waals surface area contributed by atoms with E-state index in [1.807, 2.05) is 0 Å². The van der Waals surface area contributed by atoms with Gasteiger partial charge in [0.05, 0.1) is 0 Å². The summed E-state index contributed by atoms with van der Waals surface area (Å²) in [6, 6.07) is 0. The van der Waals surface area contributed by atoms with Gasteiger partial charge in [0.25, 0.3) is 0 Å². The molecule has 10 atom stereocenters. The van der Waals surface area contributed by atoms with Gasteiger partial charge in [-0.15, -0.1) is 0 Å². The number of Topliss-reactive ketones (excluding diaryl/α,β-unsaturated/α-hetero) is 1. The predicted molar refractivity (Wildman–Crippen MR) is 132 cm³/mol. The smallest absolute Gasteiger partial charge is 0.136 e. The quantitative estimate of drug-likeness (QED) is 0.413. The summed E-state index contributed by atoms with van der Waals surface area (Å²) in [5.74, 6) is 7.18. The number of carbonyl (C=O) groups excluding carboxylic acids is 1. The van der Waals surface area contributed by atoms with E-state index < -0.39 is 0 Å². The van der Waals surface area contributed by atoms with E-state index in [1.165, 1.54) is 44.9 Å². The fourth-order valence-electron chi connectivity index (χ4n) is 9.63. The van der Waals surface area contributed by atoms with Crippen molar-refractivity contribution < 1.29 is 4.79 Å². The highest BCUT2D eigenvalue weighted by molar-refractivity contribution is 5.82. The summed E-state index contributed by atoms with van der Waals surface area (Å²) in [5.41, 5.74) is 2.56. The highest BCUT2D eigenvalue weighted by Gasteiger charge is 2.61. The second kappa shape index (κ2) is 8.32. The van der Waals surface area contributed by atoms with Crippen molar-refractivity contribution in [3.8, 4) is 0 Å². The SMILES string of the molecule is C/C(=C\C(C)[C@H]1CC[C@H]2[C@@H]3CC[C@H]4[C@H](C)C(=O)CC[C@]4(C)[C@H]3CC[C@]12C)[C@H](C)C(C)C. The zero-order valence-corrected chi connectivity index (χ0v) is 21.8. The Bertz CT molecular complexity index is 718. The fourth-order valence-corrected chi connectivity index (χ4v) is 9.63. The average Bonchev–Trinajstić information content (AvgIpc) is 3.07. The molecule has 0 saturated heterocycles. The largest absolute Gasteiger partial charge is 0.299 e. The van der Waals surface area contributed by atoms with Crippen molar-refractivity contribution >= 4 is 5.78 Å².